The quantitative estimate of drug-likeness (QED) is 0.666. The van der Waals surface area contributed by atoms with Crippen LogP contribution in [0.4, 0.5) is 0 Å². The molecule has 0 saturated heterocycles. The van der Waals surface area contributed by atoms with Crippen molar-refractivity contribution in [3.63, 3.8) is 0 Å². The molecule has 1 aromatic carbocycles. The number of hydrogen-bond acceptors (Lipinski definition) is 2. The van der Waals surface area contributed by atoms with Crippen LogP contribution in [0.5, 0.6) is 0 Å². The van der Waals surface area contributed by atoms with Crippen molar-refractivity contribution in [3.8, 4) is 0 Å². The Morgan fingerprint density at radius 2 is 1.94 bits per heavy atom. The molecule has 0 aliphatic heterocycles. The van der Waals surface area contributed by atoms with E-state index >= 15 is 0 Å². The average molecular weight is 309 g/mol. The molecule has 1 aliphatic carbocycles. The van der Waals surface area contributed by atoms with Gasteiger partial charge in [-0.15, -0.1) is 0 Å². The van der Waals surface area contributed by atoms with Crippen molar-refractivity contribution in [2.24, 2.45) is 5.92 Å². The minimum Gasteiger partial charge on any atom is -0.369 e. The molecular formula is C12H12Cl3NO2. The molecule has 0 spiro atoms. The van der Waals surface area contributed by atoms with Gasteiger partial charge in [-0.2, -0.15) is 0 Å². The minimum atomic E-state index is -1.91. The third kappa shape index (κ3) is 3.29. The van der Waals surface area contributed by atoms with E-state index in [1.54, 1.807) is 0 Å². The van der Waals surface area contributed by atoms with Gasteiger partial charge in [0.1, 0.15) is 0 Å². The molecule has 0 aromatic heterocycles. The number of carbonyl (C=O) groups excluding carboxylic acids is 1. The minimum absolute atomic E-state index is 0.158. The van der Waals surface area contributed by atoms with Gasteiger partial charge in [0.15, 0.2) is 6.23 Å². The zero-order valence-electron chi connectivity index (χ0n) is 9.32. The molecule has 0 radical (unpaired) electrons. The number of nitrogens with one attached hydrogen (secondary N) is 1. The third-order valence-corrected chi connectivity index (χ3v) is 3.56. The van der Waals surface area contributed by atoms with E-state index < -0.39 is 10.0 Å². The first-order valence-electron chi connectivity index (χ1n) is 5.49. The fraction of sp³-hybridized carbons (Fsp3) is 0.417. The van der Waals surface area contributed by atoms with Crippen molar-refractivity contribution in [2.75, 3.05) is 0 Å². The van der Waals surface area contributed by atoms with Crippen LogP contribution in [0.1, 0.15) is 17.9 Å². The highest BCUT2D eigenvalue weighted by Crippen LogP contribution is 2.47. The van der Waals surface area contributed by atoms with Gasteiger partial charge in [-0.1, -0.05) is 65.1 Å². The van der Waals surface area contributed by atoms with Gasteiger partial charge in [0.05, 0.1) is 0 Å². The summed E-state index contributed by atoms with van der Waals surface area (Å²) >= 11 is 16.4. The molecule has 0 unspecified atom stereocenters. The Labute approximate surface area is 120 Å². The lowest BCUT2D eigenvalue weighted by Gasteiger charge is -2.19. The van der Waals surface area contributed by atoms with Crippen LogP contribution >= 0.6 is 34.8 Å². The first kappa shape index (κ1) is 13.9. The molecule has 1 aromatic rings. The smallest absolute Gasteiger partial charge is 0.234 e. The van der Waals surface area contributed by atoms with Gasteiger partial charge in [-0.05, 0) is 17.9 Å². The second kappa shape index (κ2) is 5.25. The van der Waals surface area contributed by atoms with Crippen molar-refractivity contribution < 1.29 is 9.90 Å². The van der Waals surface area contributed by atoms with Crippen molar-refractivity contribution in [1.82, 2.24) is 5.32 Å². The van der Waals surface area contributed by atoms with Crippen molar-refractivity contribution in [1.29, 1.82) is 0 Å². The first-order chi connectivity index (χ1) is 8.39. The van der Waals surface area contributed by atoms with Crippen molar-refractivity contribution >= 4 is 40.7 Å². The summed E-state index contributed by atoms with van der Waals surface area (Å²) in [5.74, 6) is -0.258. The molecule has 0 heterocycles. The summed E-state index contributed by atoms with van der Waals surface area (Å²) in [5.41, 5.74) is 1.11. The number of aliphatic hydroxyl groups is 1. The molecule has 3 nitrogen and oxygen atoms in total. The van der Waals surface area contributed by atoms with E-state index in [1.165, 1.54) is 0 Å². The predicted octanol–water partition coefficient (Wildman–Crippen LogP) is 2.59. The number of alkyl halides is 3. The van der Waals surface area contributed by atoms with E-state index in [9.17, 15) is 9.90 Å². The van der Waals surface area contributed by atoms with Crippen LogP contribution in [0, 0.1) is 5.92 Å². The van der Waals surface area contributed by atoms with Crippen LogP contribution < -0.4 is 5.32 Å². The maximum atomic E-state index is 11.8. The molecule has 6 heteroatoms. The van der Waals surface area contributed by atoms with E-state index in [0.717, 1.165) is 12.0 Å². The molecule has 2 N–H and O–H groups in total. The fourth-order valence-corrected chi connectivity index (χ4v) is 2.04. The van der Waals surface area contributed by atoms with E-state index in [1.807, 2.05) is 30.3 Å². The monoisotopic (exact) mass is 307 g/mol. The Hall–Kier alpha value is -0.480. The highest BCUT2D eigenvalue weighted by Gasteiger charge is 2.45. The molecule has 1 amide bonds. The predicted molar refractivity (Wildman–Crippen MR) is 71.7 cm³/mol. The Bertz CT molecular complexity index is 433. The highest BCUT2D eigenvalue weighted by molar-refractivity contribution is 6.68. The second-order valence-electron chi connectivity index (χ2n) is 4.31. The van der Waals surface area contributed by atoms with E-state index in [4.69, 9.17) is 34.8 Å². The summed E-state index contributed by atoms with van der Waals surface area (Å²) in [6.07, 6.45) is -0.741. The summed E-state index contributed by atoms with van der Waals surface area (Å²) in [7, 11) is 0. The first-order valence-corrected chi connectivity index (χ1v) is 6.63. The third-order valence-electron chi connectivity index (χ3n) is 2.94. The Morgan fingerprint density at radius 3 is 2.50 bits per heavy atom. The van der Waals surface area contributed by atoms with Gasteiger partial charge in [-0.3, -0.25) is 4.79 Å². The standard InChI is InChI=1S/C12H12Cl3NO2/c13-12(14,15)11(18)16-10(17)9-6-8(9)7-4-2-1-3-5-7/h1-5,8-9,11,18H,6H2,(H,16,17)/t8-,9+,11+/m0/s1. The lowest BCUT2D eigenvalue weighted by molar-refractivity contribution is -0.125. The van der Waals surface area contributed by atoms with E-state index in [0.29, 0.717) is 0 Å². The normalized spacial score (nSPS) is 24.4. The Morgan fingerprint density at radius 1 is 1.33 bits per heavy atom. The largest absolute Gasteiger partial charge is 0.369 e. The summed E-state index contributed by atoms with van der Waals surface area (Å²) in [4.78, 5) is 11.8. The number of benzene rings is 1. The van der Waals surface area contributed by atoms with Crippen molar-refractivity contribution in [3.05, 3.63) is 35.9 Å². The molecular weight excluding hydrogens is 296 g/mol. The number of rotatable bonds is 3. The van der Waals surface area contributed by atoms with Crippen LogP contribution in [-0.2, 0) is 4.79 Å². The molecule has 1 aliphatic rings. The maximum absolute atomic E-state index is 11.8. The Kier molecular flexibility index (Phi) is 4.07. The molecule has 98 valence electrons. The number of amides is 1. The van der Waals surface area contributed by atoms with Gasteiger partial charge >= 0.3 is 0 Å². The molecule has 3 atom stereocenters. The van der Waals surface area contributed by atoms with Crippen molar-refractivity contribution in [2.45, 2.75) is 22.4 Å². The van der Waals surface area contributed by atoms with Gasteiger partial charge in [-0.25, -0.2) is 0 Å². The Balaban J connectivity index is 1.91. The summed E-state index contributed by atoms with van der Waals surface area (Å²) < 4.78 is -1.91. The average Bonchev–Trinajstić information content (AvgIpc) is 3.08. The number of hydrogen-bond donors (Lipinski definition) is 2. The number of halogens is 3. The van der Waals surface area contributed by atoms with Crippen LogP contribution in [0.3, 0.4) is 0 Å². The topological polar surface area (TPSA) is 49.3 Å². The SMILES string of the molecule is O=C(N[C@H](O)C(Cl)(Cl)Cl)[C@@H]1C[C@H]1c1ccccc1. The highest BCUT2D eigenvalue weighted by atomic mass is 35.6. The van der Waals surface area contributed by atoms with E-state index in [-0.39, 0.29) is 17.7 Å². The van der Waals surface area contributed by atoms with Gasteiger partial charge in [0.25, 0.3) is 0 Å². The lowest BCUT2D eigenvalue weighted by Crippen LogP contribution is -2.44. The van der Waals surface area contributed by atoms with Gasteiger partial charge in [0, 0.05) is 5.92 Å². The molecule has 18 heavy (non-hydrogen) atoms. The summed E-state index contributed by atoms with van der Waals surface area (Å²) in [5, 5.41) is 11.8. The van der Waals surface area contributed by atoms with Crippen LogP contribution in [0.25, 0.3) is 0 Å². The summed E-state index contributed by atoms with van der Waals surface area (Å²) in [6, 6.07) is 9.73. The summed E-state index contributed by atoms with van der Waals surface area (Å²) in [6.45, 7) is 0. The second-order valence-corrected chi connectivity index (χ2v) is 6.68. The van der Waals surface area contributed by atoms with Gasteiger partial charge in [0.2, 0.25) is 9.70 Å². The van der Waals surface area contributed by atoms with E-state index in [2.05, 4.69) is 5.32 Å². The number of aliphatic hydroxyl groups excluding tert-OH is 1. The fourth-order valence-electron chi connectivity index (χ4n) is 1.88. The van der Waals surface area contributed by atoms with Crippen LogP contribution in [-0.4, -0.2) is 21.0 Å². The zero-order valence-corrected chi connectivity index (χ0v) is 11.6. The van der Waals surface area contributed by atoms with Crippen LogP contribution in [0.15, 0.2) is 30.3 Å². The van der Waals surface area contributed by atoms with Gasteiger partial charge < -0.3 is 10.4 Å². The molecule has 1 fully saturated rings. The lowest BCUT2D eigenvalue weighted by atomic mass is 10.1. The van der Waals surface area contributed by atoms with Crippen LogP contribution in [0.2, 0.25) is 0 Å². The maximum Gasteiger partial charge on any atom is 0.234 e. The zero-order chi connectivity index (χ0) is 13.3. The molecule has 0 bridgehead atoms. The molecule has 2 rings (SSSR count). The molecule has 1 saturated carbocycles. The number of carbonyl (C=O) groups is 1.